The number of hydrogen-bond acceptors (Lipinski definition) is 4. The number of benzene rings is 1. The lowest BCUT2D eigenvalue weighted by Crippen LogP contribution is -2.19. The smallest absolute Gasteiger partial charge is 0.257 e. The molecule has 0 fully saturated rings. The van der Waals surface area contributed by atoms with Crippen LogP contribution in [0.3, 0.4) is 0 Å². The first kappa shape index (κ1) is 16.5. The summed E-state index contributed by atoms with van der Waals surface area (Å²) in [5.74, 6) is 0.445. The minimum atomic E-state index is -0.133. The molecule has 0 atom stereocenters. The van der Waals surface area contributed by atoms with Gasteiger partial charge in [-0.05, 0) is 42.2 Å². The van der Waals surface area contributed by atoms with Crippen LogP contribution in [0, 0.1) is 0 Å². The molecule has 1 aliphatic rings. The predicted molar refractivity (Wildman–Crippen MR) is 99.0 cm³/mol. The van der Waals surface area contributed by atoms with E-state index in [1.165, 1.54) is 0 Å². The number of nitrogens with zero attached hydrogens (tertiary/aromatic N) is 2. The number of rotatable bonds is 4. The van der Waals surface area contributed by atoms with Crippen LogP contribution in [0.2, 0.25) is 0 Å². The Hall–Kier alpha value is -2.99. The van der Waals surface area contributed by atoms with Crippen molar-refractivity contribution in [3.05, 3.63) is 65.0 Å². The Labute approximate surface area is 151 Å². The van der Waals surface area contributed by atoms with Crippen molar-refractivity contribution < 1.29 is 9.53 Å². The van der Waals surface area contributed by atoms with E-state index >= 15 is 0 Å². The maximum absolute atomic E-state index is 12.9. The minimum absolute atomic E-state index is 0.133. The number of aromatic nitrogens is 3. The second-order valence-corrected chi connectivity index (χ2v) is 6.22. The molecule has 0 saturated heterocycles. The fourth-order valence-electron chi connectivity index (χ4n) is 3.38. The molecule has 0 spiro atoms. The van der Waals surface area contributed by atoms with Crippen molar-refractivity contribution in [3.63, 3.8) is 0 Å². The SMILES string of the molecule is CCc1c(NC(=O)c2cccc3c2CCOC3)n[nH]c1-c1ccncc1. The monoisotopic (exact) mass is 348 g/mol. The predicted octanol–water partition coefficient (Wildman–Crippen LogP) is 3.36. The Kier molecular flexibility index (Phi) is 4.50. The number of anilines is 1. The number of hydrogen-bond donors (Lipinski definition) is 2. The fourth-order valence-corrected chi connectivity index (χ4v) is 3.38. The van der Waals surface area contributed by atoms with Crippen molar-refractivity contribution in [1.29, 1.82) is 0 Å². The van der Waals surface area contributed by atoms with E-state index in [0.717, 1.165) is 40.8 Å². The summed E-state index contributed by atoms with van der Waals surface area (Å²) in [5, 5.41) is 10.4. The van der Waals surface area contributed by atoms with Gasteiger partial charge in [0.2, 0.25) is 0 Å². The van der Waals surface area contributed by atoms with Gasteiger partial charge in [0, 0.05) is 29.1 Å². The lowest BCUT2D eigenvalue weighted by Gasteiger charge is -2.19. The van der Waals surface area contributed by atoms with Crippen LogP contribution in [-0.2, 0) is 24.2 Å². The van der Waals surface area contributed by atoms with Gasteiger partial charge in [0.25, 0.3) is 5.91 Å². The van der Waals surface area contributed by atoms with Gasteiger partial charge in [-0.25, -0.2) is 0 Å². The number of nitrogens with one attached hydrogen (secondary N) is 2. The van der Waals surface area contributed by atoms with Crippen LogP contribution in [-0.4, -0.2) is 27.7 Å². The molecule has 0 unspecified atom stereocenters. The maximum Gasteiger partial charge on any atom is 0.257 e. The van der Waals surface area contributed by atoms with Crippen LogP contribution in [0.15, 0.2) is 42.7 Å². The fraction of sp³-hybridized carbons (Fsp3) is 0.250. The Bertz CT molecular complexity index is 934. The van der Waals surface area contributed by atoms with Crippen LogP contribution >= 0.6 is 0 Å². The average Bonchev–Trinajstić information content (AvgIpc) is 3.10. The molecule has 1 aliphatic heterocycles. The molecule has 2 N–H and O–H groups in total. The molecule has 132 valence electrons. The zero-order valence-electron chi connectivity index (χ0n) is 14.6. The van der Waals surface area contributed by atoms with Crippen LogP contribution in [0.5, 0.6) is 0 Å². The summed E-state index contributed by atoms with van der Waals surface area (Å²) in [6.45, 7) is 3.25. The first-order chi connectivity index (χ1) is 12.8. The highest BCUT2D eigenvalue weighted by atomic mass is 16.5. The Morgan fingerprint density at radius 1 is 1.27 bits per heavy atom. The molecule has 26 heavy (non-hydrogen) atoms. The van der Waals surface area contributed by atoms with E-state index in [4.69, 9.17) is 4.74 Å². The van der Waals surface area contributed by atoms with Gasteiger partial charge >= 0.3 is 0 Å². The van der Waals surface area contributed by atoms with Crippen LogP contribution in [0.25, 0.3) is 11.3 Å². The van der Waals surface area contributed by atoms with Crippen molar-refractivity contribution in [2.75, 3.05) is 11.9 Å². The highest BCUT2D eigenvalue weighted by Gasteiger charge is 2.20. The van der Waals surface area contributed by atoms with Crippen molar-refractivity contribution in [1.82, 2.24) is 15.2 Å². The number of ether oxygens (including phenoxy) is 1. The molecule has 3 heterocycles. The normalized spacial score (nSPS) is 13.3. The first-order valence-corrected chi connectivity index (χ1v) is 8.75. The highest BCUT2D eigenvalue weighted by Crippen LogP contribution is 2.28. The van der Waals surface area contributed by atoms with E-state index in [1.807, 2.05) is 37.3 Å². The molecular formula is C20H20N4O2. The molecular weight excluding hydrogens is 328 g/mol. The molecule has 0 saturated carbocycles. The zero-order valence-corrected chi connectivity index (χ0v) is 14.6. The van der Waals surface area contributed by atoms with Gasteiger partial charge in [0.15, 0.2) is 5.82 Å². The molecule has 2 aromatic heterocycles. The second kappa shape index (κ2) is 7.09. The third-order valence-corrected chi connectivity index (χ3v) is 4.69. The van der Waals surface area contributed by atoms with Crippen molar-refractivity contribution in [2.45, 2.75) is 26.4 Å². The number of aromatic amines is 1. The third-order valence-electron chi connectivity index (χ3n) is 4.69. The van der Waals surface area contributed by atoms with Crippen molar-refractivity contribution >= 4 is 11.7 Å². The number of carbonyl (C=O) groups excluding carboxylic acids is 1. The summed E-state index contributed by atoms with van der Waals surface area (Å²) >= 11 is 0. The molecule has 4 rings (SSSR count). The van der Waals surface area contributed by atoms with E-state index in [1.54, 1.807) is 12.4 Å². The standard InChI is InChI=1S/C20H20N4O2/c1-2-15-18(13-6-9-21-10-7-13)23-24-19(15)22-20(25)17-5-3-4-14-12-26-11-8-16(14)17/h3-7,9-10H,2,8,11-12H2,1H3,(H2,22,23,24,25). The summed E-state index contributed by atoms with van der Waals surface area (Å²) in [4.78, 5) is 16.9. The van der Waals surface area contributed by atoms with Gasteiger partial charge in [-0.1, -0.05) is 19.1 Å². The van der Waals surface area contributed by atoms with Gasteiger partial charge in [-0.2, -0.15) is 5.10 Å². The topological polar surface area (TPSA) is 79.9 Å². The van der Waals surface area contributed by atoms with Crippen molar-refractivity contribution in [2.24, 2.45) is 0 Å². The van der Waals surface area contributed by atoms with E-state index in [2.05, 4.69) is 20.5 Å². The lowest BCUT2D eigenvalue weighted by molar-refractivity contribution is 0.100. The molecule has 1 aromatic carbocycles. The number of amides is 1. The van der Waals surface area contributed by atoms with Gasteiger partial charge < -0.3 is 10.1 Å². The molecule has 1 amide bonds. The minimum Gasteiger partial charge on any atom is -0.376 e. The molecule has 6 nitrogen and oxygen atoms in total. The summed E-state index contributed by atoms with van der Waals surface area (Å²) in [7, 11) is 0. The Morgan fingerprint density at radius 2 is 2.12 bits per heavy atom. The van der Waals surface area contributed by atoms with Gasteiger partial charge in [-0.3, -0.25) is 14.9 Å². The molecule has 3 aromatic rings. The number of fused-ring (bicyclic) bond motifs is 1. The average molecular weight is 348 g/mol. The summed E-state index contributed by atoms with van der Waals surface area (Å²) in [5.41, 5.74) is 5.74. The van der Waals surface area contributed by atoms with Crippen LogP contribution in [0.1, 0.15) is 34.0 Å². The quantitative estimate of drug-likeness (QED) is 0.758. The first-order valence-electron chi connectivity index (χ1n) is 8.75. The molecule has 0 radical (unpaired) electrons. The molecule has 0 aliphatic carbocycles. The van der Waals surface area contributed by atoms with E-state index in [-0.39, 0.29) is 5.91 Å². The van der Waals surface area contributed by atoms with Crippen LogP contribution in [0.4, 0.5) is 5.82 Å². The second-order valence-electron chi connectivity index (χ2n) is 6.22. The van der Waals surface area contributed by atoms with Gasteiger partial charge in [0.05, 0.1) is 18.9 Å². The molecule has 6 heteroatoms. The van der Waals surface area contributed by atoms with Crippen molar-refractivity contribution in [3.8, 4) is 11.3 Å². The lowest BCUT2D eigenvalue weighted by atomic mass is 9.96. The van der Waals surface area contributed by atoms with Gasteiger partial charge in [-0.15, -0.1) is 0 Å². The summed E-state index contributed by atoms with van der Waals surface area (Å²) in [6.07, 6.45) is 4.99. The van der Waals surface area contributed by atoms with Gasteiger partial charge in [0.1, 0.15) is 0 Å². The third kappa shape index (κ3) is 2.99. The van der Waals surface area contributed by atoms with E-state index in [0.29, 0.717) is 24.6 Å². The maximum atomic E-state index is 12.9. The summed E-state index contributed by atoms with van der Waals surface area (Å²) < 4.78 is 5.48. The molecule has 0 bridgehead atoms. The van der Waals surface area contributed by atoms with Crippen LogP contribution < -0.4 is 5.32 Å². The highest BCUT2D eigenvalue weighted by molar-refractivity contribution is 6.05. The number of H-pyrrole nitrogens is 1. The summed E-state index contributed by atoms with van der Waals surface area (Å²) in [6, 6.07) is 9.62. The zero-order chi connectivity index (χ0) is 17.9. The number of pyridine rings is 1. The largest absolute Gasteiger partial charge is 0.376 e. The Balaban J connectivity index is 1.64. The van der Waals surface area contributed by atoms with E-state index in [9.17, 15) is 4.79 Å². The Morgan fingerprint density at radius 3 is 2.92 bits per heavy atom. The number of carbonyl (C=O) groups is 1. The van der Waals surface area contributed by atoms with E-state index < -0.39 is 0 Å².